The van der Waals surface area contributed by atoms with Gasteiger partial charge in [0.25, 0.3) is 0 Å². The highest BCUT2D eigenvalue weighted by Gasteiger charge is 2.62. The maximum atomic E-state index is 11.6. The third kappa shape index (κ3) is 1.40. The molecule has 1 heterocycles. The van der Waals surface area contributed by atoms with Gasteiger partial charge in [0.15, 0.2) is 0 Å². The monoisotopic (exact) mass is 240 g/mol. The lowest BCUT2D eigenvalue weighted by Gasteiger charge is -2.18. The minimum atomic E-state index is -0.305. The van der Waals surface area contributed by atoms with Gasteiger partial charge < -0.3 is 9.84 Å². The van der Waals surface area contributed by atoms with Crippen LogP contribution in [-0.4, -0.2) is 24.8 Å². The zero-order chi connectivity index (χ0) is 12.0. The van der Waals surface area contributed by atoms with Crippen molar-refractivity contribution in [2.24, 2.45) is 5.41 Å². The maximum Gasteiger partial charge on any atom is 0.348 e. The number of carbonyl (C=O) groups excluding carboxylic acids is 1. The lowest BCUT2D eigenvalue weighted by molar-refractivity contribution is 0.0603. The lowest BCUT2D eigenvalue weighted by atomic mass is 9.89. The summed E-state index contributed by atoms with van der Waals surface area (Å²) >= 11 is 1.38. The van der Waals surface area contributed by atoms with E-state index in [9.17, 15) is 9.90 Å². The lowest BCUT2D eigenvalue weighted by Crippen LogP contribution is -2.21. The van der Waals surface area contributed by atoms with Gasteiger partial charge in [-0.1, -0.05) is 13.8 Å². The Bertz CT molecular complexity index is 422. The van der Waals surface area contributed by atoms with Crippen LogP contribution in [0.2, 0.25) is 0 Å². The van der Waals surface area contributed by atoms with Gasteiger partial charge in [0, 0.05) is 5.41 Å². The molecule has 1 aromatic rings. The molecule has 88 valence electrons. The molecule has 0 bridgehead atoms. The third-order valence-electron chi connectivity index (χ3n) is 3.74. The minimum absolute atomic E-state index is 0.0611. The van der Waals surface area contributed by atoms with E-state index in [4.69, 9.17) is 4.74 Å². The molecule has 3 nitrogen and oxygen atoms in total. The smallest absolute Gasteiger partial charge is 0.348 e. The van der Waals surface area contributed by atoms with Crippen molar-refractivity contribution in [3.63, 3.8) is 0 Å². The van der Waals surface area contributed by atoms with E-state index in [1.807, 2.05) is 11.4 Å². The van der Waals surface area contributed by atoms with Crippen LogP contribution in [0.25, 0.3) is 0 Å². The van der Waals surface area contributed by atoms with E-state index >= 15 is 0 Å². The summed E-state index contributed by atoms with van der Waals surface area (Å²) in [5.74, 6) is -0.305. The van der Waals surface area contributed by atoms with Gasteiger partial charge in [-0.3, -0.25) is 0 Å². The average Bonchev–Trinajstić information content (AvgIpc) is 2.68. The van der Waals surface area contributed by atoms with E-state index in [1.165, 1.54) is 18.4 Å². The topological polar surface area (TPSA) is 46.5 Å². The van der Waals surface area contributed by atoms with E-state index in [-0.39, 0.29) is 23.4 Å². The minimum Gasteiger partial charge on any atom is -0.465 e. The quantitative estimate of drug-likeness (QED) is 0.824. The van der Waals surface area contributed by atoms with Crippen LogP contribution in [0.5, 0.6) is 0 Å². The number of hydrogen-bond acceptors (Lipinski definition) is 4. The van der Waals surface area contributed by atoms with Gasteiger partial charge in [-0.05, 0) is 28.8 Å². The van der Waals surface area contributed by atoms with Crippen molar-refractivity contribution < 1.29 is 14.6 Å². The average molecular weight is 240 g/mol. The van der Waals surface area contributed by atoms with Crippen LogP contribution in [0.15, 0.2) is 11.4 Å². The Balaban J connectivity index is 2.42. The summed E-state index contributed by atoms with van der Waals surface area (Å²) in [5, 5.41) is 11.5. The Kier molecular flexibility index (Phi) is 2.59. The fourth-order valence-electron chi connectivity index (χ4n) is 2.46. The third-order valence-corrected chi connectivity index (χ3v) is 4.63. The molecule has 0 spiro atoms. The first-order valence-corrected chi connectivity index (χ1v) is 6.13. The number of thiophene rings is 1. The first kappa shape index (κ1) is 11.6. The Morgan fingerprint density at radius 3 is 2.69 bits per heavy atom. The molecular formula is C12H16O3S. The van der Waals surface area contributed by atoms with Crippen LogP contribution in [-0.2, 0) is 10.2 Å². The summed E-state index contributed by atoms with van der Waals surface area (Å²) < 4.78 is 4.76. The predicted octanol–water partition coefficient (Wildman–Crippen LogP) is 2.19. The molecule has 0 radical (unpaired) electrons. The van der Waals surface area contributed by atoms with Crippen LogP contribution in [0, 0.1) is 5.41 Å². The summed E-state index contributed by atoms with van der Waals surface area (Å²) in [6, 6.07) is 1.93. The molecule has 0 saturated heterocycles. The molecule has 1 unspecified atom stereocenters. The van der Waals surface area contributed by atoms with E-state index < -0.39 is 0 Å². The number of ether oxygens (including phenoxy) is 1. The van der Waals surface area contributed by atoms with Crippen molar-refractivity contribution in [2.75, 3.05) is 13.7 Å². The highest BCUT2D eigenvalue weighted by atomic mass is 32.1. The zero-order valence-electron chi connectivity index (χ0n) is 9.74. The van der Waals surface area contributed by atoms with Crippen molar-refractivity contribution in [3.8, 4) is 0 Å². The highest BCUT2D eigenvalue weighted by Crippen LogP contribution is 2.65. The van der Waals surface area contributed by atoms with Gasteiger partial charge >= 0.3 is 5.97 Å². The molecule has 0 amide bonds. The fourth-order valence-corrected chi connectivity index (χ4v) is 3.37. The summed E-state index contributed by atoms with van der Waals surface area (Å²) in [6.45, 7) is 4.31. The van der Waals surface area contributed by atoms with Crippen molar-refractivity contribution in [1.29, 1.82) is 0 Å². The molecular weight excluding hydrogens is 224 g/mol. The van der Waals surface area contributed by atoms with Crippen LogP contribution in [0.1, 0.15) is 35.5 Å². The molecule has 1 aliphatic carbocycles. The Hall–Kier alpha value is -0.870. The van der Waals surface area contributed by atoms with Gasteiger partial charge in [-0.15, -0.1) is 11.3 Å². The number of aliphatic hydroxyl groups excluding tert-OH is 1. The fraction of sp³-hybridized carbons (Fsp3) is 0.583. The van der Waals surface area contributed by atoms with Crippen molar-refractivity contribution >= 4 is 17.3 Å². The van der Waals surface area contributed by atoms with Gasteiger partial charge in [0.05, 0.1) is 13.7 Å². The molecule has 0 aliphatic heterocycles. The number of hydrogen-bond donors (Lipinski definition) is 1. The second kappa shape index (κ2) is 3.57. The van der Waals surface area contributed by atoms with E-state index in [0.29, 0.717) is 4.88 Å². The summed E-state index contributed by atoms with van der Waals surface area (Å²) in [7, 11) is 1.38. The Labute approximate surface area is 99.1 Å². The van der Waals surface area contributed by atoms with Crippen molar-refractivity contribution in [2.45, 2.75) is 25.7 Å². The normalized spacial score (nSPS) is 26.5. The van der Waals surface area contributed by atoms with Crippen LogP contribution >= 0.6 is 11.3 Å². The number of methoxy groups -OCH3 is 1. The summed E-state index contributed by atoms with van der Waals surface area (Å²) in [6.07, 6.45) is 0.914. The molecule has 16 heavy (non-hydrogen) atoms. The standard InChI is InChI=1S/C12H16O3S/c1-11(2)6-12(11,7-13)8-4-5-16-9(8)10(14)15-3/h4-5,13H,6-7H2,1-3H3. The van der Waals surface area contributed by atoms with Crippen molar-refractivity contribution in [3.05, 3.63) is 21.9 Å². The predicted molar refractivity (Wildman–Crippen MR) is 62.8 cm³/mol. The Morgan fingerprint density at radius 2 is 2.25 bits per heavy atom. The molecule has 1 fully saturated rings. The first-order chi connectivity index (χ1) is 7.48. The second-order valence-electron chi connectivity index (χ2n) is 4.96. The molecule has 0 aromatic carbocycles. The highest BCUT2D eigenvalue weighted by molar-refractivity contribution is 7.12. The number of carbonyl (C=O) groups is 1. The molecule has 1 aliphatic rings. The zero-order valence-corrected chi connectivity index (χ0v) is 10.6. The summed E-state index contributed by atoms with van der Waals surface area (Å²) in [4.78, 5) is 12.2. The van der Waals surface area contributed by atoms with E-state index in [0.717, 1.165) is 12.0 Å². The first-order valence-electron chi connectivity index (χ1n) is 5.26. The van der Waals surface area contributed by atoms with Gasteiger partial charge in [-0.25, -0.2) is 4.79 Å². The maximum absolute atomic E-state index is 11.6. The molecule has 1 atom stereocenters. The van der Waals surface area contributed by atoms with Crippen LogP contribution in [0.4, 0.5) is 0 Å². The van der Waals surface area contributed by atoms with E-state index in [1.54, 1.807) is 0 Å². The molecule has 2 rings (SSSR count). The summed E-state index contributed by atoms with van der Waals surface area (Å²) in [5.41, 5.74) is 0.749. The number of rotatable bonds is 3. The van der Waals surface area contributed by atoms with Crippen molar-refractivity contribution in [1.82, 2.24) is 0 Å². The SMILES string of the molecule is COC(=O)c1sccc1C1(CO)CC1(C)C. The number of aliphatic hydroxyl groups is 1. The van der Waals surface area contributed by atoms with Gasteiger partial charge in [0.1, 0.15) is 4.88 Å². The Morgan fingerprint density at radius 1 is 1.62 bits per heavy atom. The molecule has 1 aromatic heterocycles. The number of esters is 1. The molecule has 4 heteroatoms. The second-order valence-corrected chi connectivity index (χ2v) is 5.87. The van der Waals surface area contributed by atoms with Gasteiger partial charge in [0.2, 0.25) is 0 Å². The molecule has 1 saturated carbocycles. The van der Waals surface area contributed by atoms with Crippen LogP contribution in [0.3, 0.4) is 0 Å². The van der Waals surface area contributed by atoms with Gasteiger partial charge in [-0.2, -0.15) is 0 Å². The molecule has 1 N–H and O–H groups in total. The van der Waals surface area contributed by atoms with Crippen LogP contribution < -0.4 is 0 Å². The largest absolute Gasteiger partial charge is 0.465 e. The van der Waals surface area contributed by atoms with E-state index in [2.05, 4.69) is 13.8 Å².